The second kappa shape index (κ2) is 8.70. The van der Waals surface area contributed by atoms with Crippen LogP contribution in [-0.2, 0) is 28.6 Å². The first-order chi connectivity index (χ1) is 10.9. The zero-order valence-corrected chi connectivity index (χ0v) is 14.5. The summed E-state index contributed by atoms with van der Waals surface area (Å²) < 4.78 is 15.0. The number of rotatable bonds is 6. The van der Waals surface area contributed by atoms with Gasteiger partial charge < -0.3 is 14.2 Å². The van der Waals surface area contributed by atoms with Crippen LogP contribution < -0.4 is 0 Å². The number of hydrogen-bond acceptors (Lipinski definition) is 6. The van der Waals surface area contributed by atoms with Crippen LogP contribution in [0.3, 0.4) is 0 Å². The van der Waals surface area contributed by atoms with E-state index in [9.17, 15) is 14.4 Å². The normalized spacial score (nSPS) is 25.1. The third-order valence-electron chi connectivity index (χ3n) is 4.29. The molecule has 0 radical (unpaired) electrons. The molecule has 0 saturated carbocycles. The molecular weight excluding hydrogens is 300 g/mol. The Morgan fingerprint density at radius 2 is 1.74 bits per heavy atom. The van der Waals surface area contributed by atoms with E-state index in [1.54, 1.807) is 26.8 Å². The molecule has 4 atom stereocenters. The highest BCUT2D eigenvalue weighted by Crippen LogP contribution is 2.39. The first-order valence-electron chi connectivity index (χ1n) is 7.96. The highest BCUT2D eigenvalue weighted by atomic mass is 16.5. The summed E-state index contributed by atoms with van der Waals surface area (Å²) in [6.45, 7) is 7.55. The van der Waals surface area contributed by atoms with Crippen molar-refractivity contribution in [2.24, 2.45) is 23.7 Å². The third kappa shape index (κ3) is 4.56. The molecule has 1 aliphatic rings. The van der Waals surface area contributed by atoms with Crippen LogP contribution in [0.25, 0.3) is 0 Å². The average Bonchev–Trinajstić information content (AvgIpc) is 2.53. The van der Waals surface area contributed by atoms with Gasteiger partial charge in [-0.25, -0.2) is 0 Å². The maximum Gasteiger partial charge on any atom is 0.313 e. The molecular formula is C17H26O6. The largest absolute Gasteiger partial charge is 0.469 e. The number of hydrogen-bond donors (Lipinski definition) is 0. The summed E-state index contributed by atoms with van der Waals surface area (Å²) in [4.78, 5) is 36.2. The molecule has 0 aliphatic heterocycles. The number of ether oxygens (including phenoxy) is 3. The van der Waals surface area contributed by atoms with Gasteiger partial charge >= 0.3 is 17.9 Å². The maximum absolute atomic E-state index is 12.3. The van der Waals surface area contributed by atoms with Crippen LogP contribution in [0, 0.1) is 23.7 Å². The molecule has 0 N–H and O–H groups in total. The number of carbonyl (C=O) groups excluding carboxylic acids is 3. The molecule has 1 aliphatic carbocycles. The van der Waals surface area contributed by atoms with Gasteiger partial charge in [0, 0.05) is 0 Å². The predicted octanol–water partition coefficient (Wildman–Crippen LogP) is 2.12. The van der Waals surface area contributed by atoms with Crippen LogP contribution in [-0.4, -0.2) is 38.2 Å². The van der Waals surface area contributed by atoms with E-state index in [4.69, 9.17) is 14.2 Å². The second-order valence-electron chi connectivity index (χ2n) is 5.70. The number of carbonyl (C=O) groups is 3. The Bertz CT molecular complexity index is 481. The quantitative estimate of drug-likeness (QED) is 0.423. The summed E-state index contributed by atoms with van der Waals surface area (Å²) >= 11 is 0. The van der Waals surface area contributed by atoms with E-state index >= 15 is 0 Å². The lowest BCUT2D eigenvalue weighted by molar-refractivity contribution is -0.160. The van der Waals surface area contributed by atoms with Crippen molar-refractivity contribution < 1.29 is 28.6 Å². The Hall–Kier alpha value is -1.85. The smallest absolute Gasteiger partial charge is 0.313 e. The van der Waals surface area contributed by atoms with Gasteiger partial charge in [-0.05, 0) is 33.1 Å². The van der Waals surface area contributed by atoms with Crippen LogP contribution in [0.5, 0.6) is 0 Å². The molecule has 23 heavy (non-hydrogen) atoms. The average molecular weight is 326 g/mol. The summed E-state index contributed by atoms with van der Waals surface area (Å²) in [5, 5.41) is 0. The molecule has 0 saturated heterocycles. The summed E-state index contributed by atoms with van der Waals surface area (Å²) in [6, 6.07) is 0. The van der Waals surface area contributed by atoms with Crippen molar-refractivity contribution in [1.82, 2.24) is 0 Å². The Labute approximate surface area is 137 Å². The molecule has 0 unspecified atom stereocenters. The first kappa shape index (κ1) is 19.2. The van der Waals surface area contributed by atoms with Crippen molar-refractivity contribution in [2.75, 3.05) is 20.3 Å². The summed E-state index contributed by atoms with van der Waals surface area (Å²) in [6.07, 6.45) is 2.09. The zero-order chi connectivity index (χ0) is 17.6. The molecule has 0 amide bonds. The highest BCUT2D eigenvalue weighted by molar-refractivity contribution is 5.84. The highest BCUT2D eigenvalue weighted by Gasteiger charge is 2.42. The van der Waals surface area contributed by atoms with Crippen LogP contribution in [0.1, 0.15) is 34.1 Å². The molecule has 0 spiro atoms. The minimum atomic E-state index is -0.671. The minimum absolute atomic E-state index is 0.164. The van der Waals surface area contributed by atoms with Crippen molar-refractivity contribution in [3.8, 4) is 0 Å². The van der Waals surface area contributed by atoms with E-state index in [-0.39, 0.29) is 25.1 Å². The van der Waals surface area contributed by atoms with Gasteiger partial charge in [-0.15, -0.1) is 0 Å². The monoisotopic (exact) mass is 326 g/mol. The van der Waals surface area contributed by atoms with Crippen molar-refractivity contribution in [3.63, 3.8) is 0 Å². The van der Waals surface area contributed by atoms with Crippen molar-refractivity contribution in [3.05, 3.63) is 11.6 Å². The number of allylic oxidation sites excluding steroid dienone is 1. The third-order valence-corrected chi connectivity index (χ3v) is 4.29. The fourth-order valence-electron chi connectivity index (χ4n) is 3.04. The summed E-state index contributed by atoms with van der Waals surface area (Å²) in [7, 11) is 1.34. The lowest BCUT2D eigenvalue weighted by atomic mass is 9.71. The van der Waals surface area contributed by atoms with E-state index in [2.05, 4.69) is 0 Å². The SMILES string of the molecule is CCOC(=O)[C@H]1C=C(C)[C@H]([C@H](C)C(=O)OC)C[C@@H]1C(=O)OCC. The molecule has 6 heteroatoms. The van der Waals surface area contributed by atoms with Gasteiger partial charge in [0.2, 0.25) is 0 Å². The Kier molecular flexibility index (Phi) is 7.26. The fraction of sp³-hybridized carbons (Fsp3) is 0.706. The van der Waals surface area contributed by atoms with Crippen molar-refractivity contribution in [2.45, 2.75) is 34.1 Å². The first-order valence-corrected chi connectivity index (χ1v) is 7.96. The van der Waals surface area contributed by atoms with Crippen LogP contribution >= 0.6 is 0 Å². The molecule has 0 aromatic rings. The minimum Gasteiger partial charge on any atom is -0.469 e. The van der Waals surface area contributed by atoms with Gasteiger partial charge in [-0.1, -0.05) is 18.6 Å². The lowest BCUT2D eigenvalue weighted by Crippen LogP contribution is -2.39. The van der Waals surface area contributed by atoms with Crippen LogP contribution in [0.15, 0.2) is 11.6 Å². The molecule has 0 aromatic heterocycles. The molecule has 0 aromatic carbocycles. The van der Waals surface area contributed by atoms with Crippen LogP contribution in [0.4, 0.5) is 0 Å². The molecule has 6 nitrogen and oxygen atoms in total. The summed E-state index contributed by atoms with van der Waals surface area (Å²) in [5.41, 5.74) is 0.890. The predicted molar refractivity (Wildman–Crippen MR) is 83.3 cm³/mol. The zero-order valence-electron chi connectivity index (χ0n) is 14.5. The molecule has 0 heterocycles. The van der Waals surface area contributed by atoms with Gasteiger partial charge in [-0.2, -0.15) is 0 Å². The Morgan fingerprint density at radius 3 is 2.26 bits per heavy atom. The molecule has 130 valence electrons. The van der Waals surface area contributed by atoms with Crippen LogP contribution in [0.2, 0.25) is 0 Å². The standard InChI is InChI=1S/C17H26O6/c1-6-22-16(19)13-8-10(3)12(11(4)15(18)21-5)9-14(13)17(20)23-7-2/h8,11-14H,6-7,9H2,1-5H3/t11-,12+,13-,14-/m0/s1. The second-order valence-corrected chi connectivity index (χ2v) is 5.70. The van der Waals surface area contributed by atoms with E-state index in [1.165, 1.54) is 7.11 Å². The van der Waals surface area contributed by atoms with Gasteiger partial charge in [0.1, 0.15) is 0 Å². The van der Waals surface area contributed by atoms with Crippen molar-refractivity contribution in [1.29, 1.82) is 0 Å². The number of methoxy groups -OCH3 is 1. The lowest BCUT2D eigenvalue weighted by Gasteiger charge is -2.34. The maximum atomic E-state index is 12.3. The van der Waals surface area contributed by atoms with Gasteiger partial charge in [0.05, 0.1) is 38.1 Å². The van der Waals surface area contributed by atoms with Gasteiger partial charge in [0.15, 0.2) is 0 Å². The van der Waals surface area contributed by atoms with E-state index < -0.39 is 29.7 Å². The number of esters is 3. The molecule has 0 bridgehead atoms. The van der Waals surface area contributed by atoms with Crippen molar-refractivity contribution >= 4 is 17.9 Å². The Balaban J connectivity index is 3.10. The van der Waals surface area contributed by atoms with E-state index in [0.29, 0.717) is 6.42 Å². The topological polar surface area (TPSA) is 78.9 Å². The summed E-state index contributed by atoms with van der Waals surface area (Å²) in [5.74, 6) is -3.07. The Morgan fingerprint density at radius 1 is 1.17 bits per heavy atom. The fourth-order valence-corrected chi connectivity index (χ4v) is 3.04. The molecule has 0 fully saturated rings. The van der Waals surface area contributed by atoms with Gasteiger partial charge in [0.25, 0.3) is 0 Å². The van der Waals surface area contributed by atoms with E-state index in [0.717, 1.165) is 5.57 Å². The molecule has 1 rings (SSSR count). The van der Waals surface area contributed by atoms with E-state index in [1.807, 2.05) is 6.92 Å². The van der Waals surface area contributed by atoms with Gasteiger partial charge in [-0.3, -0.25) is 14.4 Å².